The number of fused-ring (bicyclic) bond motifs is 2. The van der Waals surface area contributed by atoms with Crippen molar-refractivity contribution < 1.29 is 4.74 Å². The summed E-state index contributed by atoms with van der Waals surface area (Å²) in [5, 5.41) is 23.3. The lowest BCUT2D eigenvalue weighted by Crippen LogP contribution is -2.10. The summed E-state index contributed by atoms with van der Waals surface area (Å²) < 4.78 is 5.40. The molecule has 0 unspecified atom stereocenters. The number of anilines is 3. The third-order valence-electron chi connectivity index (χ3n) is 7.27. The number of hydrogen-bond acceptors (Lipinski definition) is 4. The number of ether oxygens (including phenoxy) is 1. The van der Waals surface area contributed by atoms with Gasteiger partial charge in [0.25, 0.3) is 0 Å². The number of hydrogen-bond donors (Lipinski definition) is 0. The zero-order chi connectivity index (χ0) is 28.2. The van der Waals surface area contributed by atoms with Gasteiger partial charge in [0.2, 0.25) is 0 Å². The van der Waals surface area contributed by atoms with Gasteiger partial charge in [-0.05, 0) is 65.0 Å². The van der Waals surface area contributed by atoms with E-state index in [9.17, 15) is 10.5 Å². The molecule has 194 valence electrons. The third-order valence-corrected chi connectivity index (χ3v) is 7.27. The lowest BCUT2D eigenvalue weighted by atomic mass is 9.96. The van der Waals surface area contributed by atoms with Crippen LogP contribution in [-0.4, -0.2) is 7.11 Å². The van der Waals surface area contributed by atoms with Gasteiger partial charge in [0.1, 0.15) is 11.8 Å². The van der Waals surface area contributed by atoms with Crippen LogP contribution in [0, 0.1) is 22.7 Å². The molecular formula is C37H25N3O. The minimum atomic E-state index is 0.564. The Morgan fingerprint density at radius 1 is 0.610 bits per heavy atom. The van der Waals surface area contributed by atoms with E-state index >= 15 is 0 Å². The Balaban J connectivity index is 1.38. The van der Waals surface area contributed by atoms with E-state index in [1.54, 1.807) is 13.2 Å². The number of nitriles is 2. The van der Waals surface area contributed by atoms with Crippen molar-refractivity contribution in [1.29, 1.82) is 10.5 Å². The second kappa shape index (κ2) is 11.1. The van der Waals surface area contributed by atoms with Gasteiger partial charge in [0.15, 0.2) is 0 Å². The maximum absolute atomic E-state index is 9.92. The molecule has 0 heterocycles. The van der Waals surface area contributed by atoms with Gasteiger partial charge < -0.3 is 9.64 Å². The minimum absolute atomic E-state index is 0.564. The predicted molar refractivity (Wildman–Crippen MR) is 167 cm³/mol. The van der Waals surface area contributed by atoms with E-state index in [1.165, 1.54) is 5.39 Å². The predicted octanol–water partition coefficient (Wildman–Crippen LogP) is 9.39. The second-order valence-corrected chi connectivity index (χ2v) is 9.61. The molecule has 6 aromatic carbocycles. The van der Waals surface area contributed by atoms with Crippen molar-refractivity contribution in [3.63, 3.8) is 0 Å². The van der Waals surface area contributed by atoms with Crippen LogP contribution in [0.25, 0.3) is 33.7 Å². The molecule has 0 fully saturated rings. The molecule has 0 spiro atoms. The molecular weight excluding hydrogens is 502 g/mol. The van der Waals surface area contributed by atoms with Crippen LogP contribution in [0.5, 0.6) is 5.75 Å². The van der Waals surface area contributed by atoms with Crippen molar-refractivity contribution in [2.24, 2.45) is 0 Å². The highest BCUT2D eigenvalue weighted by atomic mass is 16.5. The maximum Gasteiger partial charge on any atom is 0.119 e. The Bertz CT molecular complexity index is 1990. The summed E-state index contributed by atoms with van der Waals surface area (Å²) in [6.45, 7) is 0. The highest BCUT2D eigenvalue weighted by molar-refractivity contribution is 5.99. The Kier molecular flexibility index (Phi) is 6.89. The van der Waals surface area contributed by atoms with E-state index in [2.05, 4.69) is 95.9 Å². The molecule has 0 saturated heterocycles. The molecule has 0 aromatic heterocycles. The monoisotopic (exact) mass is 527 g/mol. The zero-order valence-electron chi connectivity index (χ0n) is 22.5. The van der Waals surface area contributed by atoms with Crippen LogP contribution >= 0.6 is 0 Å². The molecule has 6 rings (SSSR count). The molecule has 0 saturated carbocycles. The summed E-state index contributed by atoms with van der Waals surface area (Å²) >= 11 is 0. The van der Waals surface area contributed by atoms with Gasteiger partial charge in [-0.2, -0.15) is 10.5 Å². The van der Waals surface area contributed by atoms with E-state index in [0.717, 1.165) is 50.1 Å². The van der Waals surface area contributed by atoms with Crippen molar-refractivity contribution in [3.05, 3.63) is 144 Å². The quantitative estimate of drug-likeness (QED) is 0.202. The van der Waals surface area contributed by atoms with Crippen LogP contribution in [0.1, 0.15) is 22.3 Å². The van der Waals surface area contributed by atoms with E-state index in [-0.39, 0.29) is 0 Å². The molecule has 6 aromatic rings. The summed E-state index contributed by atoms with van der Waals surface area (Å²) in [7, 11) is 1.67. The summed E-state index contributed by atoms with van der Waals surface area (Å²) in [5.41, 5.74) is 6.09. The summed E-state index contributed by atoms with van der Waals surface area (Å²) in [6.07, 6.45) is 3.97. The first-order valence-corrected chi connectivity index (χ1v) is 13.3. The van der Waals surface area contributed by atoms with Crippen LogP contribution in [0.15, 0.2) is 121 Å². The maximum atomic E-state index is 9.92. The fourth-order valence-corrected chi connectivity index (χ4v) is 5.22. The smallest absolute Gasteiger partial charge is 0.119 e. The van der Waals surface area contributed by atoms with Crippen molar-refractivity contribution in [3.8, 4) is 17.9 Å². The Morgan fingerprint density at radius 2 is 1.29 bits per heavy atom. The van der Waals surface area contributed by atoms with Gasteiger partial charge >= 0.3 is 0 Å². The Morgan fingerprint density at radius 3 is 2.02 bits per heavy atom. The largest absolute Gasteiger partial charge is 0.497 e. The molecule has 0 aliphatic carbocycles. The highest BCUT2D eigenvalue weighted by Gasteiger charge is 2.15. The fraction of sp³-hybridized carbons (Fsp3) is 0.0270. The lowest BCUT2D eigenvalue weighted by Gasteiger charge is -2.27. The average molecular weight is 528 g/mol. The fourth-order valence-electron chi connectivity index (χ4n) is 5.22. The summed E-state index contributed by atoms with van der Waals surface area (Å²) in [6, 6.07) is 45.0. The summed E-state index contributed by atoms with van der Waals surface area (Å²) in [4.78, 5) is 2.25. The molecule has 0 radical (unpaired) electrons. The molecule has 0 aliphatic rings. The van der Waals surface area contributed by atoms with Gasteiger partial charge in [-0.15, -0.1) is 0 Å². The van der Waals surface area contributed by atoms with Crippen molar-refractivity contribution in [2.75, 3.05) is 12.0 Å². The van der Waals surface area contributed by atoms with Crippen molar-refractivity contribution >= 4 is 50.8 Å². The topological polar surface area (TPSA) is 60.0 Å². The highest BCUT2D eigenvalue weighted by Crippen LogP contribution is 2.39. The van der Waals surface area contributed by atoms with E-state index in [1.807, 2.05) is 48.6 Å². The van der Waals surface area contributed by atoms with Crippen molar-refractivity contribution in [1.82, 2.24) is 0 Å². The first kappa shape index (κ1) is 25.4. The van der Waals surface area contributed by atoms with Crippen LogP contribution < -0.4 is 9.64 Å². The van der Waals surface area contributed by atoms with E-state index in [0.29, 0.717) is 11.1 Å². The molecule has 4 heteroatoms. The first-order valence-electron chi connectivity index (χ1n) is 13.3. The van der Waals surface area contributed by atoms with Gasteiger partial charge in [0, 0.05) is 27.5 Å². The molecule has 41 heavy (non-hydrogen) atoms. The molecule has 0 N–H and O–H groups in total. The second-order valence-electron chi connectivity index (χ2n) is 9.61. The first-order chi connectivity index (χ1) is 20.2. The minimum Gasteiger partial charge on any atom is -0.497 e. The SMILES string of the molecule is COc1ccc(N(c2ccc(/C=C\c3ccc4c(C#N)cccc4c3C#N)cc2)c2cccc3ccccc23)cc1. The average Bonchev–Trinajstić information content (AvgIpc) is 3.04. The van der Waals surface area contributed by atoms with Gasteiger partial charge in [-0.3, -0.25) is 0 Å². The number of methoxy groups -OCH3 is 1. The van der Waals surface area contributed by atoms with Gasteiger partial charge in [0.05, 0.1) is 30.0 Å². The molecule has 0 atom stereocenters. The number of rotatable bonds is 6. The van der Waals surface area contributed by atoms with E-state index in [4.69, 9.17) is 4.74 Å². The number of benzene rings is 6. The van der Waals surface area contributed by atoms with Crippen LogP contribution in [0.2, 0.25) is 0 Å². The van der Waals surface area contributed by atoms with Crippen LogP contribution in [0.4, 0.5) is 17.1 Å². The normalized spacial score (nSPS) is 10.9. The van der Waals surface area contributed by atoms with Crippen LogP contribution in [-0.2, 0) is 0 Å². The Hall–Kier alpha value is -5.84. The molecule has 0 amide bonds. The van der Waals surface area contributed by atoms with Crippen LogP contribution in [0.3, 0.4) is 0 Å². The number of nitrogens with zero attached hydrogens (tertiary/aromatic N) is 3. The van der Waals surface area contributed by atoms with Crippen molar-refractivity contribution in [2.45, 2.75) is 0 Å². The Labute approximate surface area is 239 Å². The third kappa shape index (κ3) is 4.87. The lowest BCUT2D eigenvalue weighted by molar-refractivity contribution is 0.415. The molecule has 4 nitrogen and oxygen atoms in total. The standard InChI is InChI=1S/C37H25N3O/c1-41-32-21-19-31(20-22-32)40(37-11-5-7-27-6-2-3-9-34(27)37)30-17-13-26(14-18-30)12-15-28-16-23-33-29(24-38)8-4-10-35(33)36(28)25-39/h2-23H,1H3/b15-12-. The zero-order valence-corrected chi connectivity index (χ0v) is 22.5. The summed E-state index contributed by atoms with van der Waals surface area (Å²) in [5.74, 6) is 0.807. The molecule has 0 bridgehead atoms. The molecule has 0 aliphatic heterocycles. The van der Waals surface area contributed by atoms with Gasteiger partial charge in [-0.1, -0.05) is 84.9 Å². The van der Waals surface area contributed by atoms with E-state index < -0.39 is 0 Å². The van der Waals surface area contributed by atoms with Gasteiger partial charge in [-0.25, -0.2) is 0 Å².